The summed E-state index contributed by atoms with van der Waals surface area (Å²) in [6.45, 7) is 2.36. The number of allylic oxidation sites excluding steroid dienone is 2. The molecule has 0 aromatic heterocycles. The van der Waals surface area contributed by atoms with E-state index in [0.29, 0.717) is 12.8 Å². The Morgan fingerprint density at radius 3 is 1.44 bits per heavy atom. The monoisotopic (exact) mass is 735 g/mol. The highest BCUT2D eigenvalue weighted by atomic mass is 31.2. The van der Waals surface area contributed by atoms with Crippen LogP contribution in [0.15, 0.2) is 12.2 Å². The van der Waals surface area contributed by atoms with Gasteiger partial charge in [0.25, 0.3) is 0 Å². The first-order valence-corrected chi connectivity index (χ1v) is 21.6. The normalized spacial score (nSPS) is 14.1. The van der Waals surface area contributed by atoms with E-state index in [0.717, 1.165) is 44.9 Å². The number of rotatable bonds is 38. The van der Waals surface area contributed by atoms with E-state index in [2.05, 4.69) is 30.5 Å². The van der Waals surface area contributed by atoms with Crippen LogP contribution in [0.2, 0.25) is 0 Å². The van der Waals surface area contributed by atoms with Gasteiger partial charge in [-0.3, -0.25) is 18.6 Å². The Kier molecular flexibility index (Phi) is 35.2. The van der Waals surface area contributed by atoms with Gasteiger partial charge in [0.1, 0.15) is 12.7 Å². The van der Waals surface area contributed by atoms with Crippen molar-refractivity contribution in [1.82, 2.24) is 0 Å². The second kappa shape index (κ2) is 36.1. The van der Waals surface area contributed by atoms with Crippen molar-refractivity contribution in [3.63, 3.8) is 0 Å². The molecule has 296 valence electrons. The highest BCUT2D eigenvalue weighted by molar-refractivity contribution is 7.47. The zero-order valence-corrected chi connectivity index (χ0v) is 32.8. The Hall–Kier alpha value is -1.29. The number of carbonyl (C=O) groups excluding carboxylic acids is 2. The SMILES string of the molecule is CCCCCCCC/C=C/CCCCCCCCCC(=O)OC[C@@H](COP(=O)(O)OC[C@H](O)CO)OC(=O)CCCCCCCCCCCC. The van der Waals surface area contributed by atoms with Gasteiger partial charge < -0.3 is 24.6 Å². The number of carbonyl (C=O) groups is 2. The smallest absolute Gasteiger partial charge is 0.462 e. The Bertz CT molecular complexity index is 853. The van der Waals surface area contributed by atoms with Crippen LogP contribution in [-0.2, 0) is 32.7 Å². The number of phosphoric ester groups is 1. The van der Waals surface area contributed by atoms with E-state index in [4.69, 9.17) is 19.1 Å². The average molecular weight is 735 g/mol. The summed E-state index contributed by atoms with van der Waals surface area (Å²) in [6, 6.07) is 0. The van der Waals surface area contributed by atoms with Gasteiger partial charge in [-0.1, -0.05) is 148 Å². The first-order valence-electron chi connectivity index (χ1n) is 20.1. The third-order valence-electron chi connectivity index (χ3n) is 8.67. The molecule has 0 aliphatic heterocycles. The topological polar surface area (TPSA) is 149 Å². The fourth-order valence-electron chi connectivity index (χ4n) is 5.52. The Morgan fingerprint density at radius 1 is 0.580 bits per heavy atom. The molecule has 0 amide bonds. The number of unbranched alkanes of at least 4 members (excludes halogenated alkanes) is 22. The Balaban J connectivity index is 4.27. The summed E-state index contributed by atoms with van der Waals surface area (Å²) in [4.78, 5) is 34.8. The lowest BCUT2D eigenvalue weighted by Gasteiger charge is -2.20. The lowest BCUT2D eigenvalue weighted by molar-refractivity contribution is -0.161. The minimum Gasteiger partial charge on any atom is -0.462 e. The van der Waals surface area contributed by atoms with Gasteiger partial charge in [-0.15, -0.1) is 0 Å². The van der Waals surface area contributed by atoms with Gasteiger partial charge in [-0.2, -0.15) is 0 Å². The van der Waals surface area contributed by atoms with Crippen molar-refractivity contribution in [3.05, 3.63) is 12.2 Å². The van der Waals surface area contributed by atoms with Crippen molar-refractivity contribution >= 4 is 19.8 Å². The zero-order chi connectivity index (χ0) is 37.0. The van der Waals surface area contributed by atoms with Crippen LogP contribution in [0.4, 0.5) is 0 Å². The van der Waals surface area contributed by atoms with Gasteiger partial charge in [0, 0.05) is 12.8 Å². The molecular formula is C39H75O10P. The van der Waals surface area contributed by atoms with Gasteiger partial charge in [0.05, 0.1) is 19.8 Å². The van der Waals surface area contributed by atoms with Crippen molar-refractivity contribution in [2.45, 2.75) is 199 Å². The van der Waals surface area contributed by atoms with Gasteiger partial charge in [-0.05, 0) is 38.5 Å². The van der Waals surface area contributed by atoms with Gasteiger partial charge >= 0.3 is 19.8 Å². The molecule has 3 atom stereocenters. The van der Waals surface area contributed by atoms with Crippen LogP contribution in [0.1, 0.15) is 187 Å². The average Bonchev–Trinajstić information content (AvgIpc) is 3.10. The van der Waals surface area contributed by atoms with Crippen molar-refractivity contribution < 1.29 is 47.8 Å². The standard InChI is InChI=1S/C39H75O10P/c1-3-5-7-9-11-13-15-16-17-18-19-20-21-23-24-26-28-30-38(42)46-34-37(35-48-50(44,45)47-33-36(41)32-40)49-39(43)31-29-27-25-22-14-12-10-8-6-4-2/h16-17,36-37,40-41H,3-15,18-35H2,1-2H3,(H,44,45)/b17-16+/t36-,37+/m1/s1. The maximum absolute atomic E-state index is 12.5. The summed E-state index contributed by atoms with van der Waals surface area (Å²) < 4.78 is 32.6. The molecule has 11 heteroatoms. The molecule has 0 bridgehead atoms. The van der Waals surface area contributed by atoms with E-state index in [9.17, 15) is 24.2 Å². The zero-order valence-electron chi connectivity index (χ0n) is 31.9. The molecule has 0 saturated heterocycles. The Labute approximate surface area is 305 Å². The van der Waals surface area contributed by atoms with E-state index in [1.54, 1.807) is 0 Å². The second-order valence-corrected chi connectivity index (χ2v) is 15.1. The molecule has 50 heavy (non-hydrogen) atoms. The molecule has 0 aliphatic rings. The third kappa shape index (κ3) is 35.1. The van der Waals surface area contributed by atoms with Crippen molar-refractivity contribution in [3.8, 4) is 0 Å². The lowest BCUT2D eigenvalue weighted by Crippen LogP contribution is -2.29. The molecule has 10 nitrogen and oxygen atoms in total. The summed E-state index contributed by atoms with van der Waals surface area (Å²) >= 11 is 0. The first kappa shape index (κ1) is 48.7. The van der Waals surface area contributed by atoms with Crippen LogP contribution < -0.4 is 0 Å². The van der Waals surface area contributed by atoms with Crippen LogP contribution >= 0.6 is 7.82 Å². The highest BCUT2D eigenvalue weighted by Crippen LogP contribution is 2.43. The number of aliphatic hydroxyl groups excluding tert-OH is 2. The molecule has 3 N–H and O–H groups in total. The molecule has 0 saturated carbocycles. The van der Waals surface area contributed by atoms with Gasteiger partial charge in [0.2, 0.25) is 0 Å². The lowest BCUT2D eigenvalue weighted by atomic mass is 10.1. The molecule has 0 spiro atoms. The second-order valence-electron chi connectivity index (χ2n) is 13.7. The van der Waals surface area contributed by atoms with Crippen LogP contribution in [0.25, 0.3) is 0 Å². The number of hydrogen-bond acceptors (Lipinski definition) is 9. The number of ether oxygens (including phenoxy) is 2. The van der Waals surface area contributed by atoms with Crippen molar-refractivity contribution in [2.75, 3.05) is 26.4 Å². The van der Waals surface area contributed by atoms with E-state index in [-0.39, 0.29) is 19.4 Å². The van der Waals surface area contributed by atoms with Crippen LogP contribution in [0.5, 0.6) is 0 Å². The molecule has 0 rings (SSSR count). The van der Waals surface area contributed by atoms with Crippen LogP contribution in [0.3, 0.4) is 0 Å². The largest absolute Gasteiger partial charge is 0.472 e. The Morgan fingerprint density at radius 2 is 0.980 bits per heavy atom. The van der Waals surface area contributed by atoms with E-state index >= 15 is 0 Å². The van der Waals surface area contributed by atoms with E-state index in [1.165, 1.54) is 103 Å². The maximum Gasteiger partial charge on any atom is 0.472 e. The number of aliphatic hydroxyl groups is 2. The summed E-state index contributed by atoms with van der Waals surface area (Å²) in [5.74, 6) is -0.925. The highest BCUT2D eigenvalue weighted by Gasteiger charge is 2.27. The third-order valence-corrected chi connectivity index (χ3v) is 9.62. The van der Waals surface area contributed by atoms with Crippen molar-refractivity contribution in [2.24, 2.45) is 0 Å². The van der Waals surface area contributed by atoms with Crippen molar-refractivity contribution in [1.29, 1.82) is 0 Å². The number of esters is 2. The first-order chi connectivity index (χ1) is 24.2. The summed E-state index contributed by atoms with van der Waals surface area (Å²) in [6.07, 6.45) is 31.8. The van der Waals surface area contributed by atoms with E-state index < -0.39 is 51.8 Å². The van der Waals surface area contributed by atoms with Crippen LogP contribution in [-0.4, -0.2) is 65.7 Å². The summed E-state index contributed by atoms with van der Waals surface area (Å²) in [5.41, 5.74) is 0. The predicted molar refractivity (Wildman–Crippen MR) is 201 cm³/mol. The van der Waals surface area contributed by atoms with E-state index in [1.807, 2.05) is 0 Å². The molecule has 0 aromatic rings. The molecule has 0 heterocycles. The molecule has 1 unspecified atom stereocenters. The van der Waals surface area contributed by atoms with Gasteiger partial charge in [0.15, 0.2) is 6.10 Å². The summed E-state index contributed by atoms with van der Waals surface area (Å²) in [7, 11) is -4.61. The molecule has 0 radical (unpaired) electrons. The molecule has 0 aliphatic carbocycles. The molecule has 0 fully saturated rings. The van der Waals surface area contributed by atoms with Crippen LogP contribution in [0, 0.1) is 0 Å². The number of hydrogen-bond donors (Lipinski definition) is 3. The summed E-state index contributed by atoms with van der Waals surface area (Å²) in [5, 5.41) is 18.3. The fraction of sp³-hybridized carbons (Fsp3) is 0.897. The quantitative estimate of drug-likeness (QED) is 0.0242. The molecule has 0 aromatic carbocycles. The predicted octanol–water partition coefficient (Wildman–Crippen LogP) is 10.1. The minimum atomic E-state index is -4.61. The number of phosphoric acid groups is 1. The minimum absolute atomic E-state index is 0.187. The molecular weight excluding hydrogens is 659 g/mol. The maximum atomic E-state index is 12.5. The van der Waals surface area contributed by atoms with Gasteiger partial charge in [-0.25, -0.2) is 4.57 Å². The fourth-order valence-corrected chi connectivity index (χ4v) is 6.31.